The first kappa shape index (κ1) is 22.2. The molecule has 10 heteroatoms. The number of nitrogens with one attached hydrogen (secondary N) is 1. The minimum atomic E-state index is -3.79. The van der Waals surface area contributed by atoms with E-state index in [9.17, 15) is 13.2 Å². The summed E-state index contributed by atoms with van der Waals surface area (Å²) in [6.07, 6.45) is 1.15. The van der Waals surface area contributed by atoms with Gasteiger partial charge in [-0.3, -0.25) is 4.79 Å². The lowest BCUT2D eigenvalue weighted by Crippen LogP contribution is -2.43. The van der Waals surface area contributed by atoms with Crippen LogP contribution in [0.5, 0.6) is 5.75 Å². The van der Waals surface area contributed by atoms with Crippen molar-refractivity contribution in [3.05, 3.63) is 51.5 Å². The Hall–Kier alpha value is -1.51. The second-order valence-corrected chi connectivity index (χ2v) is 9.86. The maximum atomic E-state index is 13.0. The van der Waals surface area contributed by atoms with E-state index in [-0.39, 0.29) is 22.4 Å². The topological polar surface area (TPSA) is 75.7 Å². The van der Waals surface area contributed by atoms with Crippen molar-refractivity contribution in [1.29, 1.82) is 0 Å². The molecule has 0 bridgehead atoms. The molecule has 1 aliphatic rings. The van der Waals surface area contributed by atoms with Crippen LogP contribution in [0.25, 0.3) is 0 Å². The molecule has 1 fully saturated rings. The molecule has 1 saturated heterocycles. The quantitative estimate of drug-likeness (QED) is 0.677. The molecule has 0 aliphatic carbocycles. The molecule has 1 N–H and O–H groups in total. The van der Waals surface area contributed by atoms with Crippen molar-refractivity contribution in [1.82, 2.24) is 4.31 Å². The van der Waals surface area contributed by atoms with Crippen LogP contribution < -0.4 is 10.1 Å². The van der Waals surface area contributed by atoms with Crippen LogP contribution in [0.3, 0.4) is 0 Å². The summed E-state index contributed by atoms with van der Waals surface area (Å²) >= 11 is 18.0. The molecule has 2 aromatic carbocycles. The van der Waals surface area contributed by atoms with Gasteiger partial charge >= 0.3 is 0 Å². The van der Waals surface area contributed by atoms with Crippen LogP contribution in [0, 0.1) is 5.92 Å². The number of piperidine rings is 1. The van der Waals surface area contributed by atoms with E-state index in [2.05, 4.69) is 5.32 Å². The van der Waals surface area contributed by atoms with E-state index in [1.165, 1.54) is 29.6 Å². The van der Waals surface area contributed by atoms with Gasteiger partial charge in [-0.25, -0.2) is 8.42 Å². The maximum absolute atomic E-state index is 13.0. The molecule has 3 rings (SSSR count). The third-order valence-corrected chi connectivity index (χ3v) is 7.24. The van der Waals surface area contributed by atoms with Gasteiger partial charge in [-0.2, -0.15) is 4.31 Å². The van der Waals surface area contributed by atoms with Gasteiger partial charge in [0, 0.05) is 28.8 Å². The van der Waals surface area contributed by atoms with Gasteiger partial charge in [-0.15, -0.1) is 0 Å². The summed E-state index contributed by atoms with van der Waals surface area (Å²) in [6, 6.07) is 9.04. The lowest BCUT2D eigenvalue weighted by Gasteiger charge is -2.31. The third-order valence-electron chi connectivity index (χ3n) is 4.65. The Kier molecular flexibility index (Phi) is 6.96. The number of hydrogen-bond acceptors (Lipinski definition) is 4. The number of anilines is 1. The normalized spacial score (nSPS) is 17.7. The molecule has 1 unspecified atom stereocenters. The number of rotatable bonds is 5. The molecule has 0 aromatic heterocycles. The zero-order chi connectivity index (χ0) is 21.2. The number of benzene rings is 2. The minimum absolute atomic E-state index is 0.0611. The fourth-order valence-electron chi connectivity index (χ4n) is 3.20. The molecular formula is C19H19Cl3N2O4S. The Morgan fingerprint density at radius 1 is 1.14 bits per heavy atom. The predicted molar refractivity (Wildman–Crippen MR) is 115 cm³/mol. The Labute approximate surface area is 184 Å². The molecule has 1 heterocycles. The highest BCUT2D eigenvalue weighted by Gasteiger charge is 2.33. The zero-order valence-electron chi connectivity index (χ0n) is 15.5. The molecule has 0 spiro atoms. The fourth-order valence-corrected chi connectivity index (χ4v) is 5.60. The van der Waals surface area contributed by atoms with Crippen molar-refractivity contribution in [2.45, 2.75) is 17.7 Å². The molecule has 29 heavy (non-hydrogen) atoms. The van der Waals surface area contributed by atoms with Crippen LogP contribution in [-0.2, 0) is 14.8 Å². The molecule has 2 aromatic rings. The number of methoxy groups -OCH3 is 1. The van der Waals surface area contributed by atoms with Gasteiger partial charge in [0.05, 0.1) is 22.9 Å². The third kappa shape index (κ3) is 5.16. The first-order valence-corrected chi connectivity index (χ1v) is 11.4. The molecule has 0 saturated carbocycles. The van der Waals surface area contributed by atoms with Crippen molar-refractivity contribution in [3.63, 3.8) is 0 Å². The standard InChI is InChI=1S/C19H19Cl3N2O4S/c1-28-18-5-4-16(10-17(18)22)29(26,27)24-6-2-3-12(11-24)19(25)23-15-8-13(20)7-14(21)9-15/h4-5,7-10,12H,2-3,6,11H2,1H3,(H,23,25). The molecule has 1 aliphatic heterocycles. The van der Waals surface area contributed by atoms with Crippen LogP contribution in [0.4, 0.5) is 5.69 Å². The summed E-state index contributed by atoms with van der Waals surface area (Å²) in [5, 5.41) is 3.77. The SMILES string of the molecule is COc1ccc(S(=O)(=O)N2CCCC(C(=O)Nc3cc(Cl)cc(Cl)c3)C2)cc1Cl. The summed E-state index contributed by atoms with van der Waals surface area (Å²) in [5.74, 6) is -0.386. The van der Waals surface area contributed by atoms with Gasteiger partial charge in [0.15, 0.2) is 0 Å². The summed E-state index contributed by atoms with van der Waals surface area (Å²) in [4.78, 5) is 12.7. The summed E-state index contributed by atoms with van der Waals surface area (Å²) in [7, 11) is -2.34. The van der Waals surface area contributed by atoms with E-state index in [1.54, 1.807) is 18.2 Å². The van der Waals surface area contributed by atoms with E-state index in [0.29, 0.717) is 40.9 Å². The number of ether oxygens (including phenoxy) is 1. The van der Waals surface area contributed by atoms with Gasteiger partial charge in [0.25, 0.3) is 0 Å². The summed E-state index contributed by atoms with van der Waals surface area (Å²) in [5.41, 5.74) is 0.467. The molecule has 6 nitrogen and oxygen atoms in total. The second kappa shape index (κ2) is 9.10. The van der Waals surface area contributed by atoms with E-state index in [1.807, 2.05) is 0 Å². The molecule has 156 valence electrons. The minimum Gasteiger partial charge on any atom is -0.495 e. The Morgan fingerprint density at radius 3 is 2.45 bits per heavy atom. The highest BCUT2D eigenvalue weighted by atomic mass is 35.5. The molecule has 1 atom stereocenters. The highest BCUT2D eigenvalue weighted by Crippen LogP contribution is 2.31. The summed E-state index contributed by atoms with van der Waals surface area (Å²) < 4.78 is 32.4. The first-order chi connectivity index (χ1) is 13.7. The number of carbonyl (C=O) groups excluding carboxylic acids is 1. The van der Waals surface area contributed by atoms with Crippen LogP contribution in [0.2, 0.25) is 15.1 Å². The van der Waals surface area contributed by atoms with Crippen molar-refractivity contribution < 1.29 is 17.9 Å². The van der Waals surface area contributed by atoms with Crippen LogP contribution in [0.1, 0.15) is 12.8 Å². The zero-order valence-corrected chi connectivity index (χ0v) is 18.6. The average molecular weight is 478 g/mol. The fraction of sp³-hybridized carbons (Fsp3) is 0.316. The van der Waals surface area contributed by atoms with Crippen LogP contribution in [0.15, 0.2) is 41.3 Å². The monoisotopic (exact) mass is 476 g/mol. The van der Waals surface area contributed by atoms with Gasteiger partial charge in [-0.05, 0) is 49.2 Å². The van der Waals surface area contributed by atoms with E-state index < -0.39 is 15.9 Å². The Balaban J connectivity index is 1.75. The van der Waals surface area contributed by atoms with Gasteiger partial charge in [0.2, 0.25) is 15.9 Å². The Morgan fingerprint density at radius 2 is 1.83 bits per heavy atom. The van der Waals surface area contributed by atoms with Gasteiger partial charge < -0.3 is 10.1 Å². The smallest absolute Gasteiger partial charge is 0.243 e. The van der Waals surface area contributed by atoms with Crippen LogP contribution >= 0.6 is 34.8 Å². The number of halogens is 3. The van der Waals surface area contributed by atoms with Gasteiger partial charge in [0.1, 0.15) is 5.75 Å². The van der Waals surface area contributed by atoms with E-state index in [0.717, 1.165) is 0 Å². The van der Waals surface area contributed by atoms with Crippen molar-refractivity contribution >= 4 is 56.4 Å². The number of hydrogen-bond donors (Lipinski definition) is 1. The van der Waals surface area contributed by atoms with E-state index in [4.69, 9.17) is 39.5 Å². The van der Waals surface area contributed by atoms with Gasteiger partial charge in [-0.1, -0.05) is 34.8 Å². The lowest BCUT2D eigenvalue weighted by atomic mass is 9.99. The second-order valence-electron chi connectivity index (χ2n) is 6.65. The highest BCUT2D eigenvalue weighted by molar-refractivity contribution is 7.89. The number of amides is 1. The molecule has 0 radical (unpaired) electrons. The van der Waals surface area contributed by atoms with Crippen molar-refractivity contribution in [2.24, 2.45) is 5.92 Å². The lowest BCUT2D eigenvalue weighted by molar-refractivity contribution is -0.120. The number of nitrogens with zero attached hydrogens (tertiary/aromatic N) is 1. The maximum Gasteiger partial charge on any atom is 0.243 e. The first-order valence-electron chi connectivity index (χ1n) is 8.81. The molecular weight excluding hydrogens is 459 g/mol. The number of carbonyl (C=O) groups is 1. The predicted octanol–water partition coefficient (Wildman–Crippen LogP) is 4.69. The van der Waals surface area contributed by atoms with E-state index >= 15 is 0 Å². The summed E-state index contributed by atoms with van der Waals surface area (Å²) in [6.45, 7) is 0.408. The molecule has 1 amide bonds. The Bertz CT molecular complexity index is 1010. The van der Waals surface area contributed by atoms with Crippen LogP contribution in [-0.4, -0.2) is 38.8 Å². The largest absolute Gasteiger partial charge is 0.495 e. The average Bonchev–Trinajstić information content (AvgIpc) is 2.67. The number of sulfonamides is 1. The van der Waals surface area contributed by atoms with Crippen molar-refractivity contribution in [3.8, 4) is 5.75 Å². The van der Waals surface area contributed by atoms with Crippen molar-refractivity contribution in [2.75, 3.05) is 25.5 Å².